The first-order chi connectivity index (χ1) is 11.6. The van der Waals surface area contributed by atoms with E-state index in [1.165, 1.54) is 12.1 Å². The Bertz CT molecular complexity index is 851. The Balaban J connectivity index is 1.87. The van der Waals surface area contributed by atoms with Crippen molar-refractivity contribution in [3.8, 4) is 11.8 Å². The van der Waals surface area contributed by atoms with Crippen LogP contribution in [0, 0.1) is 21.4 Å². The van der Waals surface area contributed by atoms with Gasteiger partial charge in [0.1, 0.15) is 11.4 Å². The molecular formula is C18H15N3O3. The molecule has 0 amide bonds. The molecular weight excluding hydrogens is 306 g/mol. The van der Waals surface area contributed by atoms with Gasteiger partial charge in [-0.05, 0) is 41.8 Å². The number of anilines is 1. The zero-order chi connectivity index (χ0) is 17.1. The van der Waals surface area contributed by atoms with Crippen LogP contribution in [0.1, 0.15) is 17.5 Å². The molecule has 2 aromatic carbocycles. The van der Waals surface area contributed by atoms with Crippen LogP contribution in [-0.2, 0) is 0 Å². The zero-order valence-corrected chi connectivity index (χ0v) is 12.8. The maximum Gasteiger partial charge on any atom is 0.292 e. The van der Waals surface area contributed by atoms with Crippen LogP contribution in [0.4, 0.5) is 11.4 Å². The third-order valence-electron chi connectivity index (χ3n) is 4.09. The number of aromatic hydroxyl groups is 1. The Hall–Kier alpha value is -3.33. The first-order valence-electron chi connectivity index (χ1n) is 7.50. The molecule has 0 aromatic heterocycles. The van der Waals surface area contributed by atoms with Crippen molar-refractivity contribution in [3.63, 3.8) is 0 Å². The van der Waals surface area contributed by atoms with E-state index in [4.69, 9.17) is 5.26 Å². The highest BCUT2D eigenvalue weighted by Crippen LogP contribution is 2.33. The van der Waals surface area contributed by atoms with Crippen LogP contribution in [0.5, 0.6) is 5.75 Å². The molecule has 0 aliphatic carbocycles. The van der Waals surface area contributed by atoms with E-state index in [1.807, 2.05) is 29.2 Å². The SMILES string of the molecule is N#Cc1ccc([N+](=O)[O-])c(N2CC=C(c3ccc(O)cc3)CC2)c1. The number of nitro groups is 1. The molecule has 0 unspecified atom stereocenters. The van der Waals surface area contributed by atoms with Crippen molar-refractivity contribution < 1.29 is 10.0 Å². The summed E-state index contributed by atoms with van der Waals surface area (Å²) in [5.74, 6) is 0.223. The minimum absolute atomic E-state index is 0.00971. The van der Waals surface area contributed by atoms with E-state index in [-0.39, 0.29) is 11.4 Å². The maximum atomic E-state index is 11.2. The van der Waals surface area contributed by atoms with Gasteiger partial charge in [-0.3, -0.25) is 10.1 Å². The molecule has 3 rings (SSSR count). The summed E-state index contributed by atoms with van der Waals surface area (Å²) >= 11 is 0. The van der Waals surface area contributed by atoms with E-state index in [1.54, 1.807) is 18.2 Å². The van der Waals surface area contributed by atoms with Gasteiger partial charge in [0.15, 0.2) is 0 Å². The highest BCUT2D eigenvalue weighted by Gasteiger charge is 2.22. The van der Waals surface area contributed by atoms with Crippen molar-refractivity contribution in [1.82, 2.24) is 0 Å². The van der Waals surface area contributed by atoms with Crippen molar-refractivity contribution in [3.05, 3.63) is 69.8 Å². The molecule has 2 aromatic rings. The Kier molecular flexibility index (Phi) is 4.17. The molecule has 1 heterocycles. The van der Waals surface area contributed by atoms with Crippen LogP contribution in [-0.4, -0.2) is 23.1 Å². The highest BCUT2D eigenvalue weighted by molar-refractivity contribution is 5.72. The fourth-order valence-electron chi connectivity index (χ4n) is 2.83. The van der Waals surface area contributed by atoms with Crippen molar-refractivity contribution in [2.45, 2.75) is 6.42 Å². The second kappa shape index (κ2) is 6.42. The summed E-state index contributed by atoms with van der Waals surface area (Å²) in [6, 6.07) is 13.4. The van der Waals surface area contributed by atoms with E-state index in [9.17, 15) is 15.2 Å². The molecule has 0 atom stereocenters. The third kappa shape index (κ3) is 3.06. The van der Waals surface area contributed by atoms with Gasteiger partial charge in [-0.1, -0.05) is 18.2 Å². The summed E-state index contributed by atoms with van der Waals surface area (Å²) in [6.45, 7) is 1.16. The van der Waals surface area contributed by atoms with E-state index in [2.05, 4.69) is 0 Å². The molecule has 0 bridgehead atoms. The van der Waals surface area contributed by atoms with Gasteiger partial charge in [0, 0.05) is 19.2 Å². The van der Waals surface area contributed by atoms with Gasteiger partial charge in [-0.25, -0.2) is 0 Å². The van der Waals surface area contributed by atoms with Crippen molar-refractivity contribution in [1.29, 1.82) is 5.26 Å². The normalized spacial score (nSPS) is 14.0. The number of benzene rings is 2. The Morgan fingerprint density at radius 2 is 1.96 bits per heavy atom. The molecule has 1 aliphatic heterocycles. The van der Waals surface area contributed by atoms with Gasteiger partial charge in [0.25, 0.3) is 5.69 Å². The second-order valence-electron chi connectivity index (χ2n) is 5.54. The molecule has 6 heteroatoms. The number of rotatable bonds is 3. The first kappa shape index (κ1) is 15.6. The van der Waals surface area contributed by atoms with Crippen molar-refractivity contribution >= 4 is 16.9 Å². The third-order valence-corrected chi connectivity index (χ3v) is 4.09. The molecule has 0 saturated heterocycles. The van der Waals surface area contributed by atoms with E-state index >= 15 is 0 Å². The van der Waals surface area contributed by atoms with Crippen molar-refractivity contribution in [2.24, 2.45) is 0 Å². The zero-order valence-electron chi connectivity index (χ0n) is 12.8. The lowest BCUT2D eigenvalue weighted by atomic mass is 9.99. The minimum atomic E-state index is -0.421. The lowest BCUT2D eigenvalue weighted by molar-refractivity contribution is -0.384. The quantitative estimate of drug-likeness (QED) is 0.690. The largest absolute Gasteiger partial charge is 0.508 e. The number of nitro benzene ring substituents is 1. The number of phenols is 1. The predicted octanol–water partition coefficient (Wildman–Crippen LogP) is 3.47. The smallest absolute Gasteiger partial charge is 0.292 e. The van der Waals surface area contributed by atoms with Gasteiger partial charge in [0.05, 0.1) is 16.6 Å². The topological polar surface area (TPSA) is 90.4 Å². The van der Waals surface area contributed by atoms with E-state index in [0.717, 1.165) is 17.6 Å². The number of phenolic OH excluding ortho intramolecular Hbond substituents is 1. The van der Waals surface area contributed by atoms with Crippen LogP contribution in [0.25, 0.3) is 5.57 Å². The van der Waals surface area contributed by atoms with Gasteiger partial charge in [-0.2, -0.15) is 5.26 Å². The van der Waals surface area contributed by atoms with E-state index in [0.29, 0.717) is 24.3 Å². The fourth-order valence-corrected chi connectivity index (χ4v) is 2.83. The molecule has 1 aliphatic rings. The van der Waals surface area contributed by atoms with Crippen LogP contribution in [0.2, 0.25) is 0 Å². The van der Waals surface area contributed by atoms with Gasteiger partial charge < -0.3 is 10.0 Å². The number of nitrogens with zero attached hydrogens (tertiary/aromatic N) is 3. The summed E-state index contributed by atoms with van der Waals surface area (Å²) in [5, 5.41) is 29.6. The van der Waals surface area contributed by atoms with Crippen molar-refractivity contribution in [2.75, 3.05) is 18.0 Å². The molecule has 0 spiro atoms. The molecule has 0 fully saturated rings. The predicted molar refractivity (Wildman–Crippen MR) is 90.7 cm³/mol. The first-order valence-corrected chi connectivity index (χ1v) is 7.50. The van der Waals surface area contributed by atoms with E-state index < -0.39 is 4.92 Å². The summed E-state index contributed by atoms with van der Waals surface area (Å²) < 4.78 is 0. The lowest BCUT2D eigenvalue weighted by Crippen LogP contribution is -2.28. The van der Waals surface area contributed by atoms with Crippen LogP contribution >= 0.6 is 0 Å². The molecule has 0 radical (unpaired) electrons. The summed E-state index contributed by atoms with van der Waals surface area (Å²) in [7, 11) is 0. The standard InChI is InChI=1S/C18H15N3O3/c19-12-13-1-6-17(21(23)24)18(11-13)20-9-7-15(8-10-20)14-2-4-16(22)5-3-14/h1-7,11,22H,8-10H2. The Labute approximate surface area is 139 Å². The molecule has 0 saturated carbocycles. The van der Waals surface area contributed by atoms with Gasteiger partial charge in [-0.15, -0.1) is 0 Å². The van der Waals surface area contributed by atoms with Crippen LogP contribution < -0.4 is 4.90 Å². The summed E-state index contributed by atoms with van der Waals surface area (Å²) in [6.07, 6.45) is 2.76. The van der Waals surface area contributed by atoms with Gasteiger partial charge >= 0.3 is 0 Å². The van der Waals surface area contributed by atoms with Crippen LogP contribution in [0.15, 0.2) is 48.5 Å². The summed E-state index contributed by atoms with van der Waals surface area (Å²) in [5.41, 5.74) is 3.07. The Morgan fingerprint density at radius 1 is 1.21 bits per heavy atom. The number of hydrogen-bond donors (Lipinski definition) is 1. The lowest BCUT2D eigenvalue weighted by Gasteiger charge is -2.28. The molecule has 6 nitrogen and oxygen atoms in total. The molecule has 1 N–H and O–H groups in total. The number of nitriles is 1. The minimum Gasteiger partial charge on any atom is -0.508 e. The highest BCUT2D eigenvalue weighted by atomic mass is 16.6. The van der Waals surface area contributed by atoms with Gasteiger partial charge in [0.2, 0.25) is 0 Å². The maximum absolute atomic E-state index is 11.2. The molecule has 24 heavy (non-hydrogen) atoms. The van der Waals surface area contributed by atoms with Crippen LogP contribution in [0.3, 0.4) is 0 Å². The second-order valence-corrected chi connectivity index (χ2v) is 5.54. The number of hydrogen-bond acceptors (Lipinski definition) is 5. The summed E-state index contributed by atoms with van der Waals surface area (Å²) in [4.78, 5) is 12.7. The average Bonchev–Trinajstić information content (AvgIpc) is 2.62. The average molecular weight is 321 g/mol. The fraction of sp³-hybridized carbons (Fsp3) is 0.167. The molecule has 120 valence electrons. The Morgan fingerprint density at radius 3 is 2.54 bits per heavy atom. The monoisotopic (exact) mass is 321 g/mol.